The Bertz CT molecular complexity index is 2960. The molecule has 2 aromatic heterocycles. The summed E-state index contributed by atoms with van der Waals surface area (Å²) in [7, 11) is 0. The molecule has 0 bridgehead atoms. The van der Waals surface area contributed by atoms with Crippen LogP contribution in [0.1, 0.15) is 61.6 Å². The van der Waals surface area contributed by atoms with E-state index >= 15 is 0 Å². The lowest BCUT2D eigenvalue weighted by molar-refractivity contribution is 0.442. The van der Waals surface area contributed by atoms with E-state index in [9.17, 15) is 0 Å². The second-order valence-electron chi connectivity index (χ2n) is 14.7. The average molecular weight is 697 g/mol. The van der Waals surface area contributed by atoms with E-state index in [1.165, 1.54) is 59.2 Å². The molecule has 1 saturated carbocycles. The summed E-state index contributed by atoms with van der Waals surface area (Å²) >= 11 is 0. The van der Waals surface area contributed by atoms with Gasteiger partial charge in [0.2, 0.25) is 0 Å². The Morgan fingerprint density at radius 1 is 0.630 bits per heavy atom. The van der Waals surface area contributed by atoms with Gasteiger partial charge in [0, 0.05) is 32.8 Å². The summed E-state index contributed by atoms with van der Waals surface area (Å²) in [5, 5.41) is 7.23. The molecule has 0 unspecified atom stereocenters. The Hall–Kier alpha value is -6.32. The molecule has 2 heterocycles. The van der Waals surface area contributed by atoms with Gasteiger partial charge in [0.15, 0.2) is 0 Å². The molecule has 0 N–H and O–H groups in total. The Morgan fingerprint density at radius 3 is 2.11 bits per heavy atom. The Morgan fingerprint density at radius 2 is 1.31 bits per heavy atom. The first kappa shape index (κ1) is 32.3. The topological polar surface area (TPSA) is 38.9 Å². The maximum atomic E-state index is 7.03. The highest BCUT2D eigenvalue weighted by molar-refractivity contribution is 6.21. The number of furan rings is 1. The van der Waals surface area contributed by atoms with Crippen molar-refractivity contribution in [1.82, 2.24) is 9.97 Å². The number of hydrogen-bond acceptors (Lipinski definition) is 3. The number of rotatable bonds is 6. The molecule has 54 heavy (non-hydrogen) atoms. The molecule has 0 radical (unpaired) electrons. The maximum Gasteiger partial charge on any atom is 0.143 e. The third-order valence-corrected chi connectivity index (χ3v) is 11.6. The predicted molar refractivity (Wildman–Crippen MR) is 229 cm³/mol. The molecule has 3 nitrogen and oxygen atoms in total. The van der Waals surface area contributed by atoms with E-state index < -0.39 is 0 Å². The summed E-state index contributed by atoms with van der Waals surface area (Å²) in [6.07, 6.45) is 14.4. The van der Waals surface area contributed by atoms with Gasteiger partial charge in [-0.05, 0) is 87.9 Å². The first-order valence-electron chi connectivity index (χ1n) is 19.2. The van der Waals surface area contributed by atoms with Gasteiger partial charge in [0.25, 0.3) is 0 Å². The highest BCUT2D eigenvalue weighted by Gasteiger charge is 2.24. The predicted octanol–water partition coefficient (Wildman–Crippen LogP) is 14.6. The Labute approximate surface area is 315 Å². The fraction of sp³-hybridized carbons (Fsp3) is 0.137. The molecule has 0 aliphatic heterocycles. The smallest absolute Gasteiger partial charge is 0.143 e. The van der Waals surface area contributed by atoms with Crippen LogP contribution in [0.15, 0.2) is 145 Å². The minimum absolute atomic E-state index is 0.538. The van der Waals surface area contributed by atoms with Crippen LogP contribution in [-0.4, -0.2) is 9.97 Å². The van der Waals surface area contributed by atoms with Crippen molar-refractivity contribution in [2.24, 2.45) is 0 Å². The second kappa shape index (κ2) is 13.3. The number of allylic oxidation sites excluding steroid dienone is 1. The molecule has 3 heteroatoms. The quantitative estimate of drug-likeness (QED) is 0.162. The normalized spacial score (nSPS) is 13.9. The van der Waals surface area contributed by atoms with Gasteiger partial charge in [-0.3, -0.25) is 4.98 Å². The molecule has 0 saturated heterocycles. The van der Waals surface area contributed by atoms with E-state index in [0.717, 1.165) is 77.6 Å². The molecule has 10 rings (SSSR count). The summed E-state index contributed by atoms with van der Waals surface area (Å²) in [5.41, 5.74) is 13.6. The molecule has 0 spiro atoms. The van der Waals surface area contributed by atoms with Crippen molar-refractivity contribution < 1.29 is 4.42 Å². The summed E-state index contributed by atoms with van der Waals surface area (Å²) in [6, 6.07) is 43.7. The summed E-state index contributed by atoms with van der Waals surface area (Å²) in [6.45, 7) is 6.22. The Kier molecular flexibility index (Phi) is 7.95. The lowest BCUT2D eigenvalue weighted by Crippen LogP contribution is -2.04. The van der Waals surface area contributed by atoms with Gasteiger partial charge in [-0.1, -0.05) is 147 Å². The lowest BCUT2D eigenvalue weighted by Gasteiger charge is -2.22. The summed E-state index contributed by atoms with van der Waals surface area (Å²) < 4.78 is 7.03. The molecule has 0 atom stereocenters. The van der Waals surface area contributed by atoms with Crippen LogP contribution in [-0.2, 0) is 0 Å². The van der Waals surface area contributed by atoms with Crippen molar-refractivity contribution in [2.75, 3.05) is 0 Å². The summed E-state index contributed by atoms with van der Waals surface area (Å²) in [5.74, 6) is 0.538. The minimum atomic E-state index is 0.538. The van der Waals surface area contributed by atoms with Crippen molar-refractivity contribution >= 4 is 66.7 Å². The van der Waals surface area contributed by atoms with E-state index in [0.29, 0.717) is 5.92 Å². The van der Waals surface area contributed by atoms with Gasteiger partial charge in [-0.25, -0.2) is 4.98 Å². The first-order chi connectivity index (χ1) is 26.7. The monoisotopic (exact) mass is 696 g/mol. The van der Waals surface area contributed by atoms with Crippen molar-refractivity contribution in [1.29, 1.82) is 0 Å². The third-order valence-electron chi connectivity index (χ3n) is 11.6. The van der Waals surface area contributed by atoms with Crippen molar-refractivity contribution in [3.8, 4) is 33.5 Å². The largest absolute Gasteiger partial charge is 0.455 e. The van der Waals surface area contributed by atoms with Crippen LogP contribution < -0.4 is 0 Å². The van der Waals surface area contributed by atoms with Crippen molar-refractivity contribution in [3.05, 3.63) is 157 Å². The average Bonchev–Trinajstić information content (AvgIpc) is 3.64. The highest BCUT2D eigenvalue weighted by atomic mass is 16.3. The van der Waals surface area contributed by atoms with Crippen molar-refractivity contribution in [3.63, 3.8) is 0 Å². The van der Waals surface area contributed by atoms with Gasteiger partial charge >= 0.3 is 0 Å². The molecule has 0 amide bonds. The van der Waals surface area contributed by atoms with Gasteiger partial charge in [-0.15, -0.1) is 0 Å². The number of hydrogen-bond donors (Lipinski definition) is 0. The van der Waals surface area contributed by atoms with Crippen LogP contribution >= 0.6 is 0 Å². The lowest BCUT2D eigenvalue weighted by atomic mass is 9.82. The zero-order chi connectivity index (χ0) is 36.2. The van der Waals surface area contributed by atoms with E-state index in [2.05, 4.69) is 140 Å². The van der Waals surface area contributed by atoms with Crippen LogP contribution in [0.25, 0.3) is 100 Å². The molecule has 260 valence electrons. The van der Waals surface area contributed by atoms with E-state index in [-0.39, 0.29) is 0 Å². The SMILES string of the molecule is C=Cc1c(C=CC)c2ccccc2c2ncc(-c3cccc(-c4cccc(-c5cccc6c5oc5c(C7CCCCC7)cc7ccccc7c56)c4)c3)nc12. The van der Waals surface area contributed by atoms with E-state index in [4.69, 9.17) is 14.4 Å². The molecule has 1 fully saturated rings. The summed E-state index contributed by atoms with van der Waals surface area (Å²) in [4.78, 5) is 10.3. The number of para-hydroxylation sites is 1. The van der Waals surface area contributed by atoms with Crippen molar-refractivity contribution in [2.45, 2.75) is 44.9 Å². The molecular weight excluding hydrogens is 657 g/mol. The fourth-order valence-corrected chi connectivity index (χ4v) is 9.01. The molecule has 7 aromatic carbocycles. The molecule has 1 aliphatic carbocycles. The van der Waals surface area contributed by atoms with E-state index in [1.807, 2.05) is 19.2 Å². The van der Waals surface area contributed by atoms with Gasteiger partial charge in [0.05, 0.1) is 22.9 Å². The standard InChI is InChI=1S/C51H40N2O/c1-3-15-41-38(4-2)49-48(43-25-11-10-24-42(41)43)52-31-46(53-49)37-22-13-20-34(29-37)33-19-12-21-35(28-33)40-26-14-27-44-47-39-23-9-8-18-36(39)30-45(51(47)54-50(40)44)32-16-6-5-7-17-32/h3-4,8-15,18-32H,2,5-7,16-17H2,1H3. The molecule has 1 aliphatic rings. The van der Waals surface area contributed by atoms with Crippen LogP contribution in [0.5, 0.6) is 0 Å². The zero-order valence-corrected chi connectivity index (χ0v) is 30.5. The Balaban J connectivity index is 1.09. The number of fused-ring (bicyclic) bond motifs is 8. The minimum Gasteiger partial charge on any atom is -0.455 e. The zero-order valence-electron chi connectivity index (χ0n) is 30.5. The maximum absolute atomic E-state index is 7.03. The fourth-order valence-electron chi connectivity index (χ4n) is 9.01. The van der Waals surface area contributed by atoms with Crippen LogP contribution in [0.2, 0.25) is 0 Å². The van der Waals surface area contributed by atoms with Gasteiger partial charge in [0.1, 0.15) is 11.2 Å². The highest BCUT2D eigenvalue weighted by Crippen LogP contribution is 2.45. The second-order valence-corrected chi connectivity index (χ2v) is 14.7. The van der Waals surface area contributed by atoms with Gasteiger partial charge < -0.3 is 4.42 Å². The number of benzene rings is 7. The number of aromatic nitrogens is 2. The van der Waals surface area contributed by atoms with Crippen LogP contribution in [0.3, 0.4) is 0 Å². The number of nitrogens with zero attached hydrogens (tertiary/aromatic N) is 2. The van der Waals surface area contributed by atoms with Crippen LogP contribution in [0, 0.1) is 0 Å². The molecule has 9 aromatic rings. The third kappa shape index (κ3) is 5.26. The van der Waals surface area contributed by atoms with Gasteiger partial charge in [-0.2, -0.15) is 0 Å². The first-order valence-corrected chi connectivity index (χ1v) is 19.2. The van der Waals surface area contributed by atoms with Crippen LogP contribution in [0.4, 0.5) is 0 Å². The van der Waals surface area contributed by atoms with E-state index in [1.54, 1.807) is 0 Å². The molecular formula is C51H40N2O.